The minimum atomic E-state index is -0.355. The lowest BCUT2D eigenvalue weighted by Gasteiger charge is -2.06. The number of aromatic nitrogens is 3. The van der Waals surface area contributed by atoms with E-state index >= 15 is 0 Å². The molecule has 4 heterocycles. The van der Waals surface area contributed by atoms with Crippen LogP contribution in [0.25, 0.3) is 16.6 Å². The van der Waals surface area contributed by atoms with Gasteiger partial charge in [0.25, 0.3) is 5.56 Å². The lowest BCUT2D eigenvalue weighted by molar-refractivity contribution is -0.122. The molecule has 0 radical (unpaired) electrons. The Balaban J connectivity index is 1.57. The third-order valence-corrected chi connectivity index (χ3v) is 3.55. The summed E-state index contributed by atoms with van der Waals surface area (Å²) in [6, 6.07) is 6.89. The van der Waals surface area contributed by atoms with Crippen molar-refractivity contribution in [2.24, 2.45) is 0 Å². The predicted molar refractivity (Wildman–Crippen MR) is 79.8 cm³/mol. The SMILES string of the molecule is O=C(Cn1ncn2c(cc3occc32)c1=O)NCc1ccco1. The van der Waals surface area contributed by atoms with Crippen LogP contribution in [0.5, 0.6) is 0 Å². The van der Waals surface area contributed by atoms with E-state index in [4.69, 9.17) is 8.83 Å². The third kappa shape index (κ3) is 2.30. The van der Waals surface area contributed by atoms with Crippen LogP contribution in [0.15, 0.2) is 56.7 Å². The Morgan fingerprint density at radius 2 is 2.13 bits per heavy atom. The second-order valence-corrected chi connectivity index (χ2v) is 5.02. The molecule has 0 aliphatic rings. The maximum atomic E-state index is 12.4. The molecular weight excluding hydrogens is 300 g/mol. The first-order valence-corrected chi connectivity index (χ1v) is 6.96. The molecule has 0 saturated heterocycles. The molecule has 0 aliphatic carbocycles. The van der Waals surface area contributed by atoms with Crippen molar-refractivity contribution < 1.29 is 13.6 Å². The van der Waals surface area contributed by atoms with Gasteiger partial charge in [-0.15, -0.1) is 0 Å². The van der Waals surface area contributed by atoms with E-state index in [0.717, 1.165) is 10.2 Å². The summed E-state index contributed by atoms with van der Waals surface area (Å²) >= 11 is 0. The Kier molecular flexibility index (Phi) is 3.00. The van der Waals surface area contributed by atoms with Crippen LogP contribution in [-0.2, 0) is 17.9 Å². The highest BCUT2D eigenvalue weighted by Gasteiger charge is 2.12. The number of nitrogens with one attached hydrogen (secondary N) is 1. The molecule has 0 fully saturated rings. The molecule has 8 nitrogen and oxygen atoms in total. The van der Waals surface area contributed by atoms with E-state index in [9.17, 15) is 9.59 Å². The van der Waals surface area contributed by atoms with E-state index in [2.05, 4.69) is 10.4 Å². The second-order valence-electron chi connectivity index (χ2n) is 5.02. The summed E-state index contributed by atoms with van der Waals surface area (Å²) in [5, 5.41) is 6.71. The van der Waals surface area contributed by atoms with Crippen LogP contribution in [0.1, 0.15) is 5.76 Å². The molecule has 23 heavy (non-hydrogen) atoms. The molecule has 0 atom stereocenters. The number of carbonyl (C=O) groups excluding carboxylic acids is 1. The van der Waals surface area contributed by atoms with Crippen LogP contribution in [-0.4, -0.2) is 20.1 Å². The topological polar surface area (TPSA) is 94.7 Å². The minimum Gasteiger partial charge on any atom is -0.467 e. The number of carbonyl (C=O) groups is 1. The number of hydrogen-bond acceptors (Lipinski definition) is 5. The van der Waals surface area contributed by atoms with Crippen LogP contribution in [0.3, 0.4) is 0 Å². The largest absolute Gasteiger partial charge is 0.467 e. The van der Waals surface area contributed by atoms with E-state index < -0.39 is 0 Å². The predicted octanol–water partition coefficient (Wildman–Crippen LogP) is 1.15. The monoisotopic (exact) mass is 312 g/mol. The van der Waals surface area contributed by atoms with Crippen LogP contribution in [0.2, 0.25) is 0 Å². The van der Waals surface area contributed by atoms with Crippen LogP contribution < -0.4 is 10.9 Å². The molecule has 116 valence electrons. The highest BCUT2D eigenvalue weighted by Crippen LogP contribution is 2.18. The lowest BCUT2D eigenvalue weighted by atomic mass is 10.4. The first kappa shape index (κ1) is 13.4. The van der Waals surface area contributed by atoms with Crippen molar-refractivity contribution in [3.63, 3.8) is 0 Å². The Morgan fingerprint density at radius 3 is 2.96 bits per heavy atom. The maximum Gasteiger partial charge on any atom is 0.291 e. The fourth-order valence-electron chi connectivity index (χ4n) is 2.44. The molecule has 0 unspecified atom stereocenters. The molecule has 0 bridgehead atoms. The number of hydrogen-bond donors (Lipinski definition) is 1. The zero-order valence-corrected chi connectivity index (χ0v) is 11.9. The van der Waals surface area contributed by atoms with Crippen molar-refractivity contribution in [1.29, 1.82) is 0 Å². The summed E-state index contributed by atoms with van der Waals surface area (Å²) in [5.41, 5.74) is 1.42. The van der Waals surface area contributed by atoms with Crippen molar-refractivity contribution >= 4 is 22.5 Å². The molecular formula is C15H12N4O4. The van der Waals surface area contributed by atoms with E-state index in [-0.39, 0.29) is 24.6 Å². The molecule has 4 aromatic rings. The van der Waals surface area contributed by atoms with Crippen molar-refractivity contribution in [3.8, 4) is 0 Å². The summed E-state index contributed by atoms with van der Waals surface area (Å²) < 4.78 is 13.2. The van der Waals surface area contributed by atoms with Gasteiger partial charge in [0.1, 0.15) is 24.1 Å². The van der Waals surface area contributed by atoms with Crippen molar-refractivity contribution in [2.75, 3.05) is 0 Å². The highest BCUT2D eigenvalue weighted by molar-refractivity contribution is 5.82. The van der Waals surface area contributed by atoms with Gasteiger partial charge in [-0.1, -0.05) is 0 Å². The third-order valence-electron chi connectivity index (χ3n) is 3.55. The number of amides is 1. The quantitative estimate of drug-likeness (QED) is 0.610. The number of nitrogens with zero attached hydrogens (tertiary/aromatic N) is 3. The molecule has 0 aliphatic heterocycles. The van der Waals surface area contributed by atoms with Gasteiger partial charge in [-0.25, -0.2) is 4.68 Å². The number of furan rings is 2. The van der Waals surface area contributed by atoms with Crippen LogP contribution >= 0.6 is 0 Å². The van der Waals surface area contributed by atoms with Gasteiger partial charge in [0, 0.05) is 12.1 Å². The fourth-order valence-corrected chi connectivity index (χ4v) is 2.44. The van der Waals surface area contributed by atoms with Crippen molar-refractivity contribution in [2.45, 2.75) is 13.1 Å². The van der Waals surface area contributed by atoms with Crippen LogP contribution in [0.4, 0.5) is 0 Å². The summed E-state index contributed by atoms with van der Waals surface area (Å²) in [5.74, 6) is 0.316. The zero-order valence-electron chi connectivity index (χ0n) is 11.9. The van der Waals surface area contributed by atoms with E-state index in [1.807, 2.05) is 0 Å². The zero-order chi connectivity index (χ0) is 15.8. The molecule has 4 rings (SSSR count). The van der Waals surface area contributed by atoms with Gasteiger partial charge < -0.3 is 14.2 Å². The number of fused-ring (bicyclic) bond motifs is 3. The van der Waals surface area contributed by atoms with Gasteiger partial charge in [0.15, 0.2) is 5.58 Å². The Labute approximate surface area is 128 Å². The first-order valence-electron chi connectivity index (χ1n) is 6.96. The highest BCUT2D eigenvalue weighted by atomic mass is 16.3. The fraction of sp³-hybridized carbons (Fsp3) is 0.133. The van der Waals surface area contributed by atoms with Gasteiger partial charge in [-0.2, -0.15) is 5.10 Å². The lowest BCUT2D eigenvalue weighted by Crippen LogP contribution is -2.33. The average molecular weight is 312 g/mol. The Hall–Kier alpha value is -3.29. The first-order chi connectivity index (χ1) is 11.2. The number of rotatable bonds is 4. The molecule has 0 spiro atoms. The molecule has 1 N–H and O–H groups in total. The Bertz CT molecular complexity index is 1040. The van der Waals surface area contributed by atoms with Crippen molar-refractivity contribution in [3.05, 3.63) is 59.2 Å². The standard InChI is InChI=1S/C15H12N4O4/c20-14(16-7-10-2-1-4-22-10)8-19-15(21)12-6-13-11(3-5-23-13)18(12)9-17-19/h1-6,9H,7-8H2,(H,16,20). The molecule has 1 amide bonds. The van der Waals surface area contributed by atoms with E-state index in [1.165, 1.54) is 12.6 Å². The van der Waals surface area contributed by atoms with Crippen LogP contribution in [0, 0.1) is 0 Å². The summed E-state index contributed by atoms with van der Waals surface area (Å²) in [6.07, 6.45) is 4.57. The average Bonchev–Trinajstić information content (AvgIpc) is 3.24. The molecule has 4 aromatic heterocycles. The summed E-state index contributed by atoms with van der Waals surface area (Å²) in [6.45, 7) is 0.101. The molecule has 0 saturated carbocycles. The Morgan fingerprint density at radius 1 is 1.22 bits per heavy atom. The molecule has 0 aromatic carbocycles. The normalized spacial score (nSPS) is 11.3. The van der Waals surface area contributed by atoms with Gasteiger partial charge in [-0.05, 0) is 12.1 Å². The van der Waals surface area contributed by atoms with Gasteiger partial charge in [0.2, 0.25) is 5.91 Å². The smallest absolute Gasteiger partial charge is 0.291 e. The maximum absolute atomic E-state index is 12.4. The minimum absolute atomic E-state index is 0.164. The molecule has 8 heteroatoms. The van der Waals surface area contributed by atoms with E-state index in [1.54, 1.807) is 34.9 Å². The van der Waals surface area contributed by atoms with Crippen molar-refractivity contribution in [1.82, 2.24) is 19.5 Å². The summed E-state index contributed by atoms with van der Waals surface area (Å²) in [4.78, 5) is 24.3. The van der Waals surface area contributed by atoms with Gasteiger partial charge in [-0.3, -0.25) is 14.0 Å². The second kappa shape index (κ2) is 5.16. The van der Waals surface area contributed by atoms with Gasteiger partial charge >= 0.3 is 0 Å². The van der Waals surface area contributed by atoms with Gasteiger partial charge in [0.05, 0.1) is 24.6 Å². The summed E-state index contributed by atoms with van der Waals surface area (Å²) in [7, 11) is 0. The van der Waals surface area contributed by atoms with E-state index in [0.29, 0.717) is 16.9 Å².